The average molecular weight is 184 g/mol. The van der Waals surface area contributed by atoms with Crippen molar-refractivity contribution in [1.82, 2.24) is 0 Å². The molecule has 0 spiro atoms. The molecular formula is C4H3ClSZn. The summed E-state index contributed by atoms with van der Waals surface area (Å²) in [6, 6.07) is 1.87. The third kappa shape index (κ3) is 2.43. The fraction of sp³-hybridized carbons (Fsp3) is 0. The van der Waals surface area contributed by atoms with Crippen LogP contribution in [0.1, 0.15) is 0 Å². The Morgan fingerprint density at radius 1 is 1.57 bits per heavy atom. The van der Waals surface area contributed by atoms with E-state index in [2.05, 4.69) is 0 Å². The van der Waals surface area contributed by atoms with Gasteiger partial charge in [0.1, 0.15) is 0 Å². The van der Waals surface area contributed by atoms with Crippen molar-refractivity contribution in [2.24, 2.45) is 0 Å². The summed E-state index contributed by atoms with van der Waals surface area (Å²) in [5, 5.41) is 4.67. The van der Waals surface area contributed by atoms with Crippen molar-refractivity contribution in [2.45, 2.75) is 0 Å². The molecule has 1 aromatic heterocycles. The molecule has 0 nitrogen and oxygen atoms in total. The molecule has 1 aromatic rings. The van der Waals surface area contributed by atoms with Gasteiger partial charge in [0, 0.05) is 24.9 Å². The second-order valence-corrected chi connectivity index (χ2v) is 2.16. The Kier molecular flexibility index (Phi) is 3.91. The van der Waals surface area contributed by atoms with E-state index < -0.39 is 0 Å². The Hall–Kier alpha value is 0.613. The largest absolute Gasteiger partial charge is 0.151 e. The van der Waals surface area contributed by atoms with Crippen LogP contribution >= 0.6 is 22.9 Å². The standard InChI is InChI=1S/C4H3ClS.Zn/c5-4-1-2-6-3-4;/h1-3H;. The van der Waals surface area contributed by atoms with Crippen molar-refractivity contribution in [3.63, 3.8) is 0 Å². The van der Waals surface area contributed by atoms with Crippen LogP contribution in [0.3, 0.4) is 0 Å². The number of thiophene rings is 1. The quantitative estimate of drug-likeness (QED) is 0.543. The minimum Gasteiger partial charge on any atom is -0.151 e. The van der Waals surface area contributed by atoms with Crippen LogP contribution in [0.4, 0.5) is 0 Å². The van der Waals surface area contributed by atoms with E-state index in [0.717, 1.165) is 5.02 Å². The van der Waals surface area contributed by atoms with Crippen molar-refractivity contribution >= 4 is 22.9 Å². The molecular weight excluding hydrogens is 181 g/mol. The van der Waals surface area contributed by atoms with Gasteiger partial charge < -0.3 is 0 Å². The molecule has 0 aromatic carbocycles. The molecule has 0 saturated heterocycles. The van der Waals surface area contributed by atoms with E-state index in [-0.39, 0.29) is 19.5 Å². The van der Waals surface area contributed by atoms with E-state index >= 15 is 0 Å². The molecule has 0 aliphatic rings. The summed E-state index contributed by atoms with van der Waals surface area (Å²) in [6.45, 7) is 0. The topological polar surface area (TPSA) is 0 Å². The van der Waals surface area contributed by atoms with Gasteiger partial charge in [0.15, 0.2) is 0 Å². The zero-order valence-electron chi connectivity index (χ0n) is 3.73. The fourth-order valence-corrected chi connectivity index (χ4v) is 1.05. The van der Waals surface area contributed by atoms with Crippen LogP contribution in [0.25, 0.3) is 0 Å². The zero-order chi connectivity index (χ0) is 4.41. The molecule has 1 rings (SSSR count). The molecule has 0 saturated carbocycles. The molecule has 0 amide bonds. The van der Waals surface area contributed by atoms with Gasteiger partial charge in [0.25, 0.3) is 0 Å². The molecule has 0 N–H and O–H groups in total. The van der Waals surface area contributed by atoms with E-state index in [4.69, 9.17) is 11.6 Å². The summed E-state index contributed by atoms with van der Waals surface area (Å²) in [7, 11) is 0. The van der Waals surface area contributed by atoms with Gasteiger partial charge in [-0.2, -0.15) is 11.3 Å². The molecule has 0 unspecified atom stereocenters. The summed E-state index contributed by atoms with van der Waals surface area (Å²) in [5.74, 6) is 0. The second kappa shape index (κ2) is 3.60. The Labute approximate surface area is 64.3 Å². The van der Waals surface area contributed by atoms with Crippen molar-refractivity contribution in [2.75, 3.05) is 0 Å². The summed E-state index contributed by atoms with van der Waals surface area (Å²) < 4.78 is 0. The van der Waals surface area contributed by atoms with Gasteiger partial charge in [-0.05, 0) is 11.4 Å². The molecule has 0 fully saturated rings. The summed E-state index contributed by atoms with van der Waals surface area (Å²) in [5.41, 5.74) is 0. The van der Waals surface area contributed by atoms with Crippen molar-refractivity contribution in [1.29, 1.82) is 0 Å². The third-order valence-corrected chi connectivity index (χ3v) is 1.53. The van der Waals surface area contributed by atoms with Crippen molar-refractivity contribution in [3.05, 3.63) is 21.8 Å². The first-order valence-electron chi connectivity index (χ1n) is 1.57. The molecule has 0 bridgehead atoms. The van der Waals surface area contributed by atoms with Gasteiger partial charge in [-0.3, -0.25) is 0 Å². The third-order valence-electron chi connectivity index (χ3n) is 0.486. The van der Waals surface area contributed by atoms with Crippen LogP contribution in [0.2, 0.25) is 5.02 Å². The van der Waals surface area contributed by atoms with E-state index in [0.29, 0.717) is 0 Å². The number of hydrogen-bond donors (Lipinski definition) is 0. The van der Waals surface area contributed by atoms with Crippen LogP contribution in [-0.2, 0) is 19.5 Å². The Balaban J connectivity index is 0.000000360. The second-order valence-electron chi connectivity index (χ2n) is 0.942. The Bertz CT molecular complexity index is 115. The molecule has 0 atom stereocenters. The SMILES string of the molecule is Clc1ccsc1.[Zn]. The van der Waals surface area contributed by atoms with Crippen LogP contribution in [-0.4, -0.2) is 0 Å². The summed E-state index contributed by atoms with van der Waals surface area (Å²) in [4.78, 5) is 0. The van der Waals surface area contributed by atoms with Crippen LogP contribution < -0.4 is 0 Å². The van der Waals surface area contributed by atoms with Crippen LogP contribution in [0, 0.1) is 0 Å². The molecule has 1 heterocycles. The Morgan fingerprint density at radius 2 is 2.29 bits per heavy atom. The average Bonchev–Trinajstić information content (AvgIpc) is 1.86. The predicted octanol–water partition coefficient (Wildman–Crippen LogP) is 2.40. The maximum Gasteiger partial charge on any atom is 0.0512 e. The minimum absolute atomic E-state index is 0. The van der Waals surface area contributed by atoms with E-state index in [1.807, 2.05) is 16.8 Å². The van der Waals surface area contributed by atoms with Crippen LogP contribution in [0.15, 0.2) is 16.8 Å². The summed E-state index contributed by atoms with van der Waals surface area (Å²) in [6.07, 6.45) is 0. The van der Waals surface area contributed by atoms with Gasteiger partial charge in [0.2, 0.25) is 0 Å². The number of hydrogen-bond acceptors (Lipinski definition) is 1. The normalized spacial score (nSPS) is 7.57. The first-order chi connectivity index (χ1) is 2.89. The zero-order valence-corrected chi connectivity index (χ0v) is 8.26. The van der Waals surface area contributed by atoms with E-state index in [1.165, 1.54) is 0 Å². The van der Waals surface area contributed by atoms with Crippen LogP contribution in [0.5, 0.6) is 0 Å². The summed E-state index contributed by atoms with van der Waals surface area (Å²) >= 11 is 7.07. The van der Waals surface area contributed by atoms with Gasteiger partial charge in [-0.15, -0.1) is 0 Å². The van der Waals surface area contributed by atoms with Gasteiger partial charge in [-0.25, -0.2) is 0 Å². The molecule has 3 heteroatoms. The predicted molar refractivity (Wildman–Crippen MR) is 29.3 cm³/mol. The number of halogens is 1. The van der Waals surface area contributed by atoms with Crippen molar-refractivity contribution in [3.8, 4) is 0 Å². The smallest absolute Gasteiger partial charge is 0.0512 e. The maximum atomic E-state index is 5.47. The first-order valence-corrected chi connectivity index (χ1v) is 2.89. The van der Waals surface area contributed by atoms with Crippen molar-refractivity contribution < 1.29 is 19.5 Å². The molecule has 0 radical (unpaired) electrons. The minimum atomic E-state index is 0. The van der Waals surface area contributed by atoms with Gasteiger partial charge >= 0.3 is 0 Å². The molecule has 0 aliphatic heterocycles. The first kappa shape index (κ1) is 7.61. The monoisotopic (exact) mass is 182 g/mol. The van der Waals surface area contributed by atoms with E-state index in [9.17, 15) is 0 Å². The fourth-order valence-electron chi connectivity index (χ4n) is 0.248. The molecule has 7 heavy (non-hydrogen) atoms. The van der Waals surface area contributed by atoms with Gasteiger partial charge in [-0.1, -0.05) is 11.6 Å². The molecule has 0 aliphatic carbocycles. The maximum absolute atomic E-state index is 5.47. The van der Waals surface area contributed by atoms with Gasteiger partial charge in [0.05, 0.1) is 5.02 Å². The Morgan fingerprint density at radius 3 is 2.43 bits per heavy atom. The van der Waals surface area contributed by atoms with E-state index in [1.54, 1.807) is 11.3 Å². The molecule has 34 valence electrons. The number of rotatable bonds is 0.